The minimum atomic E-state index is -1.14. The van der Waals surface area contributed by atoms with Crippen LogP contribution in [-0.4, -0.2) is 41.5 Å². The molecule has 0 unspecified atom stereocenters. The molecule has 0 aliphatic rings. The summed E-state index contributed by atoms with van der Waals surface area (Å²) in [5.41, 5.74) is 5.13. The maximum atomic E-state index is 11.8. The van der Waals surface area contributed by atoms with E-state index in [9.17, 15) is 14.4 Å². The highest BCUT2D eigenvalue weighted by Crippen LogP contribution is 2.23. The van der Waals surface area contributed by atoms with Crippen molar-refractivity contribution in [3.8, 4) is 5.75 Å². The van der Waals surface area contributed by atoms with Crippen molar-refractivity contribution in [1.29, 1.82) is 0 Å². The van der Waals surface area contributed by atoms with Crippen molar-refractivity contribution >= 4 is 35.2 Å². The topological polar surface area (TPSA) is 119 Å². The fourth-order valence-corrected chi connectivity index (χ4v) is 2.17. The van der Waals surface area contributed by atoms with E-state index < -0.39 is 11.9 Å². The Hall–Kier alpha value is -2.22. The summed E-state index contributed by atoms with van der Waals surface area (Å²) in [6, 6.07) is 4.30. The van der Waals surface area contributed by atoms with E-state index in [1.54, 1.807) is 0 Å². The number of carbonyl (C=O) groups excluding carboxylic acids is 2. The van der Waals surface area contributed by atoms with Crippen LogP contribution in [0.2, 0.25) is 0 Å². The average molecular weight is 312 g/mol. The Morgan fingerprint density at radius 3 is 2.67 bits per heavy atom. The second-order valence-electron chi connectivity index (χ2n) is 4.03. The standard InChI is InChI=1S/C13H16N2O5S/c1-20-8-2-3-9(13(18)19)10(6-8)15-12(17)4-5-21-7-11(14)16/h2-3,6H,4-5,7H2,1H3,(H2,14,16)(H,15,17)(H,18,19). The third-order valence-corrected chi connectivity index (χ3v) is 3.43. The van der Waals surface area contributed by atoms with Crippen LogP contribution < -0.4 is 15.8 Å². The van der Waals surface area contributed by atoms with Crippen molar-refractivity contribution in [1.82, 2.24) is 0 Å². The molecule has 21 heavy (non-hydrogen) atoms. The molecule has 0 aliphatic carbocycles. The number of benzene rings is 1. The number of carboxylic acids is 1. The van der Waals surface area contributed by atoms with Crippen molar-refractivity contribution < 1.29 is 24.2 Å². The molecule has 1 aromatic carbocycles. The van der Waals surface area contributed by atoms with E-state index >= 15 is 0 Å². The zero-order chi connectivity index (χ0) is 15.8. The molecule has 1 aromatic rings. The molecule has 7 nitrogen and oxygen atoms in total. The Morgan fingerprint density at radius 2 is 2.10 bits per heavy atom. The lowest BCUT2D eigenvalue weighted by atomic mass is 10.1. The van der Waals surface area contributed by atoms with Gasteiger partial charge in [0.1, 0.15) is 5.75 Å². The first-order chi connectivity index (χ1) is 9.93. The van der Waals surface area contributed by atoms with E-state index in [0.717, 1.165) is 0 Å². The molecule has 0 saturated carbocycles. The quantitative estimate of drug-likeness (QED) is 0.615. The number of methoxy groups -OCH3 is 1. The molecular formula is C13H16N2O5S. The maximum Gasteiger partial charge on any atom is 0.337 e. The summed E-state index contributed by atoms with van der Waals surface area (Å²) in [5, 5.41) is 11.6. The number of rotatable bonds is 8. The number of hydrogen-bond donors (Lipinski definition) is 3. The number of ether oxygens (including phenoxy) is 1. The maximum absolute atomic E-state index is 11.8. The summed E-state index contributed by atoms with van der Waals surface area (Å²) in [5.74, 6) is -0.924. The zero-order valence-electron chi connectivity index (χ0n) is 11.4. The van der Waals surface area contributed by atoms with Gasteiger partial charge in [-0.05, 0) is 12.1 Å². The summed E-state index contributed by atoms with van der Waals surface area (Å²) < 4.78 is 5.00. The van der Waals surface area contributed by atoms with E-state index in [1.165, 1.54) is 37.1 Å². The van der Waals surface area contributed by atoms with Crippen LogP contribution in [0.4, 0.5) is 5.69 Å². The van der Waals surface area contributed by atoms with Crippen molar-refractivity contribution in [3.05, 3.63) is 23.8 Å². The van der Waals surface area contributed by atoms with Crippen molar-refractivity contribution in [2.75, 3.05) is 23.9 Å². The number of anilines is 1. The zero-order valence-corrected chi connectivity index (χ0v) is 12.2. The predicted octanol–water partition coefficient (Wildman–Crippen LogP) is 0.940. The van der Waals surface area contributed by atoms with E-state index in [-0.39, 0.29) is 29.3 Å². The monoisotopic (exact) mass is 312 g/mol. The molecule has 0 heterocycles. The number of thioether (sulfide) groups is 1. The van der Waals surface area contributed by atoms with Gasteiger partial charge < -0.3 is 20.9 Å². The van der Waals surface area contributed by atoms with Crippen LogP contribution in [0, 0.1) is 0 Å². The van der Waals surface area contributed by atoms with E-state index in [1.807, 2.05) is 0 Å². The molecule has 2 amide bonds. The van der Waals surface area contributed by atoms with Gasteiger partial charge in [0.15, 0.2) is 0 Å². The summed E-state index contributed by atoms with van der Waals surface area (Å²) in [4.78, 5) is 33.4. The van der Waals surface area contributed by atoms with Crippen molar-refractivity contribution in [3.63, 3.8) is 0 Å². The van der Waals surface area contributed by atoms with Gasteiger partial charge in [-0.2, -0.15) is 11.8 Å². The van der Waals surface area contributed by atoms with Gasteiger partial charge in [0.2, 0.25) is 11.8 Å². The number of nitrogens with one attached hydrogen (secondary N) is 1. The number of amides is 2. The number of carboxylic acid groups (broad SMARTS) is 1. The van der Waals surface area contributed by atoms with Crippen LogP contribution in [0.1, 0.15) is 16.8 Å². The first-order valence-corrected chi connectivity index (χ1v) is 7.16. The molecular weight excluding hydrogens is 296 g/mol. The van der Waals surface area contributed by atoms with Crippen LogP contribution in [0.3, 0.4) is 0 Å². The van der Waals surface area contributed by atoms with Gasteiger partial charge in [0.25, 0.3) is 0 Å². The van der Waals surface area contributed by atoms with Gasteiger partial charge in [-0.3, -0.25) is 9.59 Å². The highest BCUT2D eigenvalue weighted by atomic mass is 32.2. The lowest BCUT2D eigenvalue weighted by Gasteiger charge is -2.10. The molecule has 0 atom stereocenters. The first-order valence-electron chi connectivity index (χ1n) is 6.01. The Balaban J connectivity index is 2.65. The number of aromatic carboxylic acids is 1. The van der Waals surface area contributed by atoms with Crippen molar-refractivity contribution in [2.24, 2.45) is 5.73 Å². The summed E-state index contributed by atoms with van der Waals surface area (Å²) >= 11 is 1.24. The van der Waals surface area contributed by atoms with Gasteiger partial charge in [0, 0.05) is 18.2 Å². The fraction of sp³-hybridized carbons (Fsp3) is 0.308. The number of carbonyl (C=O) groups is 3. The Labute approximate surface area is 125 Å². The van der Waals surface area contributed by atoms with E-state index in [4.69, 9.17) is 15.6 Å². The molecule has 0 saturated heterocycles. The fourth-order valence-electron chi connectivity index (χ4n) is 1.49. The molecule has 1 rings (SSSR count). The van der Waals surface area contributed by atoms with Crippen molar-refractivity contribution in [2.45, 2.75) is 6.42 Å². The second kappa shape index (κ2) is 8.15. The molecule has 0 bridgehead atoms. The Morgan fingerprint density at radius 1 is 1.38 bits per heavy atom. The molecule has 114 valence electrons. The first kappa shape index (κ1) is 16.8. The number of primary amides is 1. The third-order valence-electron chi connectivity index (χ3n) is 2.45. The average Bonchev–Trinajstić information content (AvgIpc) is 2.43. The molecule has 8 heteroatoms. The molecule has 0 radical (unpaired) electrons. The third kappa shape index (κ3) is 5.74. The normalized spacial score (nSPS) is 9.95. The molecule has 0 spiro atoms. The Bertz CT molecular complexity index is 547. The minimum Gasteiger partial charge on any atom is -0.497 e. The Kier molecular flexibility index (Phi) is 6.54. The predicted molar refractivity (Wildman–Crippen MR) is 79.7 cm³/mol. The smallest absolute Gasteiger partial charge is 0.337 e. The van der Waals surface area contributed by atoms with Gasteiger partial charge in [-0.15, -0.1) is 0 Å². The van der Waals surface area contributed by atoms with Crippen LogP contribution in [0.15, 0.2) is 18.2 Å². The number of nitrogens with two attached hydrogens (primary N) is 1. The lowest BCUT2D eigenvalue weighted by molar-refractivity contribution is -0.116. The SMILES string of the molecule is COc1ccc(C(=O)O)c(NC(=O)CCSCC(N)=O)c1. The second-order valence-corrected chi connectivity index (χ2v) is 5.14. The molecule has 0 fully saturated rings. The van der Waals surface area contributed by atoms with Gasteiger partial charge in [-0.25, -0.2) is 4.79 Å². The molecule has 0 aliphatic heterocycles. The largest absolute Gasteiger partial charge is 0.497 e. The van der Waals surface area contributed by atoms with E-state index in [0.29, 0.717) is 11.5 Å². The minimum absolute atomic E-state index is 0.0195. The lowest BCUT2D eigenvalue weighted by Crippen LogP contribution is -2.17. The molecule has 0 aromatic heterocycles. The van der Waals surface area contributed by atoms with Gasteiger partial charge in [-0.1, -0.05) is 0 Å². The molecule has 4 N–H and O–H groups in total. The number of hydrogen-bond acceptors (Lipinski definition) is 5. The van der Waals surface area contributed by atoms with Gasteiger partial charge in [0.05, 0.1) is 24.1 Å². The summed E-state index contributed by atoms with van der Waals surface area (Å²) in [7, 11) is 1.45. The van der Waals surface area contributed by atoms with Gasteiger partial charge >= 0.3 is 5.97 Å². The van der Waals surface area contributed by atoms with Crippen LogP contribution >= 0.6 is 11.8 Å². The highest BCUT2D eigenvalue weighted by molar-refractivity contribution is 7.99. The van der Waals surface area contributed by atoms with Crippen LogP contribution in [0.5, 0.6) is 5.75 Å². The summed E-state index contributed by atoms with van der Waals surface area (Å²) in [6.07, 6.45) is 0.147. The van der Waals surface area contributed by atoms with E-state index in [2.05, 4.69) is 5.32 Å². The van der Waals surface area contributed by atoms with Crippen LogP contribution in [0.25, 0.3) is 0 Å². The highest BCUT2D eigenvalue weighted by Gasteiger charge is 2.13. The summed E-state index contributed by atoms with van der Waals surface area (Å²) in [6.45, 7) is 0. The van der Waals surface area contributed by atoms with Crippen LogP contribution in [-0.2, 0) is 9.59 Å².